The van der Waals surface area contributed by atoms with Crippen LogP contribution in [0.1, 0.15) is 354 Å². The highest BCUT2D eigenvalue weighted by Gasteiger charge is 2.60. The average Bonchev–Trinajstić information content (AvgIpc) is 1.67. The van der Waals surface area contributed by atoms with Crippen molar-refractivity contribution in [3.05, 3.63) is 50.8 Å². The molecule has 0 unspecified atom stereocenters. The number of aliphatic hydroxyl groups is 2. The van der Waals surface area contributed by atoms with E-state index in [9.17, 15) is 29.4 Å². The number of benzene rings is 1. The second kappa shape index (κ2) is 54.5. The third-order valence-corrected chi connectivity index (χ3v) is 18.0. The first-order valence-corrected chi connectivity index (χ1v) is 37.4. The second-order valence-corrected chi connectivity index (χ2v) is 26.1. The van der Waals surface area contributed by atoms with Gasteiger partial charge < -0.3 is 43.4 Å². The molecular formula is C75H132N2O13. The normalized spacial score (nSPS) is 16.4. The van der Waals surface area contributed by atoms with E-state index < -0.39 is 60.4 Å². The Balaban J connectivity index is 1.62. The number of esters is 2. The molecule has 0 radical (unpaired) electrons. The van der Waals surface area contributed by atoms with Gasteiger partial charge in [0.15, 0.2) is 29.9 Å². The fraction of sp³-hybridized carbons (Fsp3) is 0.840. The first-order valence-electron chi connectivity index (χ1n) is 37.4. The monoisotopic (exact) mass is 1270 g/mol. The fourth-order valence-electron chi connectivity index (χ4n) is 12.4. The number of unbranched alkanes of at least 4 members (excludes halogenated alkanes) is 45. The van der Waals surface area contributed by atoms with Gasteiger partial charge in [-0.2, -0.15) is 0 Å². The minimum Gasteiger partial charge on any atom is -0.490 e. The molecule has 1 aromatic heterocycles. The minimum atomic E-state index is -2.55. The Labute approximate surface area is 546 Å². The van der Waals surface area contributed by atoms with Crippen molar-refractivity contribution in [1.29, 1.82) is 0 Å². The summed E-state index contributed by atoms with van der Waals surface area (Å²) in [5.74, 6) is -2.52. The molecule has 0 bridgehead atoms. The first kappa shape index (κ1) is 80.3. The van der Waals surface area contributed by atoms with E-state index in [1.807, 2.05) is 12.1 Å². The van der Waals surface area contributed by atoms with Gasteiger partial charge in [-0.1, -0.05) is 310 Å². The summed E-state index contributed by atoms with van der Waals surface area (Å²) >= 11 is 0. The van der Waals surface area contributed by atoms with E-state index in [0.717, 1.165) is 55.4 Å². The number of aliphatic hydroxyl groups excluding tert-OH is 1. The number of hydrogen-bond donors (Lipinski definition) is 3. The average molecular weight is 1270 g/mol. The van der Waals surface area contributed by atoms with E-state index in [1.54, 1.807) is 0 Å². The molecule has 3 N–H and O–H groups in total. The van der Waals surface area contributed by atoms with Gasteiger partial charge in [-0.25, -0.2) is 4.79 Å². The maximum absolute atomic E-state index is 13.4. The van der Waals surface area contributed by atoms with Crippen molar-refractivity contribution in [3.8, 4) is 17.2 Å². The molecule has 1 fully saturated rings. The maximum Gasteiger partial charge on any atom is 0.330 e. The molecule has 2 aromatic rings. The standard InChI is InChI=1S/C75H132N2O13/c1-5-8-11-14-17-20-23-26-29-32-35-38-41-44-47-50-57-85-65-60-64(63-88-69(80)53-54-70(81)90-75(83)67(62-78)89-73(72(75)84-4)77-56-55-68(79)76-74(77)82)61-66(86-58-51-48-45-42-39-36-33-30-27-24-21-18-15-12-9-6-2)71(65)87-59-52-49-46-43-40-37-34-31-28-25-22-19-16-13-10-7-3/h55-56,60-61,67,72-73,78,83H,5-54,57-59,62-63H2,1-4H3,(H,76,79,82)/t67-,72+,73-,75+/m1/s1. The molecule has 1 aromatic carbocycles. The smallest absolute Gasteiger partial charge is 0.330 e. The Bertz CT molecular complexity index is 2110. The number of aromatic amines is 1. The van der Waals surface area contributed by atoms with Crippen LogP contribution in [-0.4, -0.2) is 83.2 Å². The van der Waals surface area contributed by atoms with Crippen LogP contribution in [0.25, 0.3) is 0 Å². The molecule has 0 saturated carbocycles. The van der Waals surface area contributed by atoms with Gasteiger partial charge >= 0.3 is 17.6 Å². The summed E-state index contributed by atoms with van der Waals surface area (Å²) in [6, 6.07) is 4.83. The predicted molar refractivity (Wildman–Crippen MR) is 365 cm³/mol. The topological polar surface area (TPSA) is 194 Å². The van der Waals surface area contributed by atoms with Gasteiger partial charge in [0.25, 0.3) is 11.3 Å². The summed E-state index contributed by atoms with van der Waals surface area (Å²) in [6.07, 6.45) is 57.9. The zero-order valence-electron chi connectivity index (χ0n) is 57.8. The van der Waals surface area contributed by atoms with Gasteiger partial charge in [-0.15, -0.1) is 0 Å². The Hall–Kier alpha value is -3.92. The lowest BCUT2D eigenvalue weighted by Gasteiger charge is -2.31. The van der Waals surface area contributed by atoms with Gasteiger partial charge in [-0.05, 0) is 37.0 Å². The van der Waals surface area contributed by atoms with Crippen molar-refractivity contribution >= 4 is 11.9 Å². The van der Waals surface area contributed by atoms with Crippen LogP contribution in [0.15, 0.2) is 34.0 Å². The van der Waals surface area contributed by atoms with E-state index in [0.29, 0.717) is 42.6 Å². The van der Waals surface area contributed by atoms with E-state index in [4.69, 9.17) is 33.2 Å². The van der Waals surface area contributed by atoms with E-state index in [-0.39, 0.29) is 13.0 Å². The Morgan fingerprint density at radius 3 is 1.17 bits per heavy atom. The van der Waals surface area contributed by atoms with Gasteiger partial charge in [0.2, 0.25) is 5.75 Å². The summed E-state index contributed by atoms with van der Waals surface area (Å²) in [5, 5.41) is 21.8. The van der Waals surface area contributed by atoms with Gasteiger partial charge in [0.1, 0.15) is 6.61 Å². The molecule has 2 heterocycles. The van der Waals surface area contributed by atoms with Crippen molar-refractivity contribution in [2.45, 2.75) is 373 Å². The van der Waals surface area contributed by atoms with Crippen LogP contribution in [-0.2, 0) is 35.1 Å². The summed E-state index contributed by atoms with van der Waals surface area (Å²) in [5.41, 5.74) is -0.860. The third-order valence-electron chi connectivity index (χ3n) is 18.0. The lowest BCUT2D eigenvalue weighted by Crippen LogP contribution is -2.53. The first-order chi connectivity index (χ1) is 44.1. The lowest BCUT2D eigenvalue weighted by atomic mass is 10.0. The van der Waals surface area contributed by atoms with E-state index in [1.165, 1.54) is 277 Å². The zero-order valence-corrected chi connectivity index (χ0v) is 57.8. The van der Waals surface area contributed by atoms with Crippen LogP contribution < -0.4 is 25.5 Å². The van der Waals surface area contributed by atoms with Crippen molar-refractivity contribution in [1.82, 2.24) is 9.55 Å². The molecule has 1 saturated heterocycles. The number of nitrogens with one attached hydrogen (secondary N) is 1. The van der Waals surface area contributed by atoms with Crippen LogP contribution in [0.2, 0.25) is 0 Å². The quantitative estimate of drug-likeness (QED) is 0.0322. The number of aromatic nitrogens is 2. The van der Waals surface area contributed by atoms with Crippen molar-refractivity contribution in [2.75, 3.05) is 33.5 Å². The Morgan fingerprint density at radius 2 is 0.833 bits per heavy atom. The van der Waals surface area contributed by atoms with Crippen LogP contribution >= 0.6 is 0 Å². The number of nitrogens with zero attached hydrogens (tertiary/aromatic N) is 1. The molecule has 90 heavy (non-hydrogen) atoms. The van der Waals surface area contributed by atoms with Gasteiger partial charge in [0, 0.05) is 19.4 Å². The number of carbonyl (C=O) groups excluding carboxylic acids is 2. The number of H-pyrrole nitrogens is 1. The molecule has 0 aliphatic carbocycles. The lowest BCUT2D eigenvalue weighted by molar-refractivity contribution is -0.259. The highest BCUT2D eigenvalue weighted by molar-refractivity contribution is 5.78. The fourth-order valence-corrected chi connectivity index (χ4v) is 12.4. The number of carbonyl (C=O) groups is 2. The largest absolute Gasteiger partial charge is 0.490 e. The number of methoxy groups -OCH3 is 1. The summed E-state index contributed by atoms with van der Waals surface area (Å²) in [6.45, 7) is 7.47. The molecule has 0 spiro atoms. The molecule has 0 amide bonds. The highest BCUT2D eigenvalue weighted by Crippen LogP contribution is 2.41. The molecule has 15 nitrogen and oxygen atoms in total. The van der Waals surface area contributed by atoms with Crippen molar-refractivity contribution in [3.63, 3.8) is 0 Å². The number of ether oxygens (including phenoxy) is 7. The molecule has 1 aliphatic rings. The summed E-state index contributed by atoms with van der Waals surface area (Å²) in [7, 11) is 1.21. The van der Waals surface area contributed by atoms with E-state index in [2.05, 4.69) is 25.8 Å². The van der Waals surface area contributed by atoms with Crippen molar-refractivity contribution < 1.29 is 53.0 Å². The summed E-state index contributed by atoms with van der Waals surface area (Å²) in [4.78, 5) is 53.1. The minimum absolute atomic E-state index is 0.121. The van der Waals surface area contributed by atoms with Crippen LogP contribution in [0.3, 0.4) is 0 Å². The summed E-state index contributed by atoms with van der Waals surface area (Å²) < 4.78 is 43.2. The SMILES string of the molecule is CCCCCCCCCCCCCCCCCCOc1cc(COC(=O)CCC(=O)O[C@@]2(O)[C@@H](CO)O[C@@H](n3ccc(=O)[nH]c3=O)[C@@H]2OC)cc(OCCCCCCCCCCCCCCCCCC)c1OCCCCCCCCCCCCCCCCCC. The molecule has 4 atom stereocenters. The Kier molecular flexibility index (Phi) is 48.6. The third kappa shape index (κ3) is 37.1. The molecular weight excluding hydrogens is 1140 g/mol. The number of hydrogen-bond acceptors (Lipinski definition) is 13. The molecule has 15 heteroatoms. The van der Waals surface area contributed by atoms with Crippen LogP contribution in [0.5, 0.6) is 17.2 Å². The van der Waals surface area contributed by atoms with Gasteiger partial charge in [-0.3, -0.25) is 23.9 Å². The highest BCUT2D eigenvalue weighted by atomic mass is 16.7. The van der Waals surface area contributed by atoms with Crippen LogP contribution in [0.4, 0.5) is 0 Å². The van der Waals surface area contributed by atoms with Crippen molar-refractivity contribution in [2.24, 2.45) is 0 Å². The van der Waals surface area contributed by atoms with E-state index >= 15 is 0 Å². The molecule has 1 aliphatic heterocycles. The van der Waals surface area contributed by atoms with Gasteiger partial charge in [0.05, 0.1) is 39.3 Å². The zero-order chi connectivity index (χ0) is 64.8. The Morgan fingerprint density at radius 1 is 0.500 bits per heavy atom. The second-order valence-electron chi connectivity index (χ2n) is 26.1. The van der Waals surface area contributed by atoms with Crippen LogP contribution in [0, 0.1) is 0 Å². The number of rotatable bonds is 63. The predicted octanol–water partition coefficient (Wildman–Crippen LogP) is 19.1. The maximum atomic E-state index is 13.4. The molecule has 3 rings (SSSR count). The molecule has 520 valence electrons.